The minimum Gasteiger partial charge on any atom is -0.508 e. The molecule has 0 aromatic rings. The lowest BCUT2D eigenvalue weighted by Gasteiger charge is -2.58. The average Bonchev–Trinajstić information content (AvgIpc) is 2.76. The molecule has 3 fully saturated rings. The maximum Gasteiger partial charge on any atom is 0.111 e. The van der Waals surface area contributed by atoms with E-state index in [0.29, 0.717) is 29.6 Å². The van der Waals surface area contributed by atoms with Gasteiger partial charge in [0.25, 0.3) is 0 Å². The van der Waals surface area contributed by atoms with Crippen LogP contribution in [0.1, 0.15) is 39.5 Å². The summed E-state index contributed by atoms with van der Waals surface area (Å²) in [6, 6.07) is 0.472. The number of fused-ring (bicyclic) bond motifs is 5. The van der Waals surface area contributed by atoms with Crippen molar-refractivity contribution in [3.63, 3.8) is 0 Å². The summed E-state index contributed by atoms with van der Waals surface area (Å²) in [5, 5.41) is 24.0. The van der Waals surface area contributed by atoms with E-state index in [1.807, 2.05) is 6.08 Å². The van der Waals surface area contributed by atoms with E-state index < -0.39 is 0 Å². The van der Waals surface area contributed by atoms with Crippen molar-refractivity contribution in [2.45, 2.75) is 51.7 Å². The highest BCUT2D eigenvalue weighted by molar-refractivity contribution is 5.28. The SMILES string of the molecule is C[C@]12C=CC(O)=CC1CC[C@@H]1[C@H]2NC[C@]2(C)C(O)CC[C@@H]12. The minimum atomic E-state index is -0.146. The first kappa shape index (κ1) is 13.8. The first-order valence-corrected chi connectivity index (χ1v) is 8.46. The number of aliphatic hydroxyl groups excluding tert-OH is 2. The maximum absolute atomic E-state index is 10.4. The predicted octanol–water partition coefficient (Wildman–Crippen LogP) is 2.78. The van der Waals surface area contributed by atoms with Gasteiger partial charge in [0, 0.05) is 23.4 Å². The monoisotopic (exact) mass is 289 g/mol. The van der Waals surface area contributed by atoms with Crippen molar-refractivity contribution in [1.82, 2.24) is 5.32 Å². The number of allylic oxidation sites excluding steroid dienone is 2. The number of piperidine rings is 1. The summed E-state index contributed by atoms with van der Waals surface area (Å²) in [5.74, 6) is 2.16. The molecule has 1 heterocycles. The molecular formula is C18H27NO2. The Hall–Kier alpha value is -0.800. The van der Waals surface area contributed by atoms with Gasteiger partial charge >= 0.3 is 0 Å². The lowest BCUT2D eigenvalue weighted by Crippen LogP contribution is -2.64. The molecular weight excluding hydrogens is 262 g/mol. The maximum atomic E-state index is 10.4. The Kier molecular flexibility index (Phi) is 2.87. The molecule has 3 heteroatoms. The smallest absolute Gasteiger partial charge is 0.111 e. The van der Waals surface area contributed by atoms with Crippen molar-refractivity contribution in [1.29, 1.82) is 0 Å². The van der Waals surface area contributed by atoms with Crippen molar-refractivity contribution in [3.8, 4) is 0 Å². The van der Waals surface area contributed by atoms with E-state index in [-0.39, 0.29) is 16.9 Å². The first-order chi connectivity index (χ1) is 9.95. The Morgan fingerprint density at radius 1 is 1.19 bits per heavy atom. The molecule has 0 bridgehead atoms. The van der Waals surface area contributed by atoms with Gasteiger partial charge in [-0.15, -0.1) is 0 Å². The molecule has 3 aliphatic carbocycles. The molecule has 7 atom stereocenters. The molecule has 3 N–H and O–H groups in total. The highest BCUT2D eigenvalue weighted by Crippen LogP contribution is 2.58. The van der Waals surface area contributed by atoms with Gasteiger partial charge in [0.1, 0.15) is 5.76 Å². The fourth-order valence-corrected chi connectivity index (χ4v) is 5.89. The number of nitrogens with one attached hydrogen (secondary N) is 1. The molecule has 1 aliphatic heterocycles. The third kappa shape index (κ3) is 1.74. The quantitative estimate of drug-likeness (QED) is 0.643. The van der Waals surface area contributed by atoms with Crippen LogP contribution in [0.15, 0.2) is 24.0 Å². The first-order valence-electron chi connectivity index (χ1n) is 8.46. The number of rotatable bonds is 0. The van der Waals surface area contributed by atoms with Crippen molar-refractivity contribution < 1.29 is 10.2 Å². The molecule has 0 radical (unpaired) electrons. The van der Waals surface area contributed by atoms with Crippen LogP contribution in [0.3, 0.4) is 0 Å². The third-order valence-corrected chi connectivity index (χ3v) is 7.27. The fourth-order valence-electron chi connectivity index (χ4n) is 5.89. The number of hydrogen-bond donors (Lipinski definition) is 3. The molecule has 0 aromatic heterocycles. The average molecular weight is 289 g/mol. The van der Waals surface area contributed by atoms with E-state index >= 15 is 0 Å². The van der Waals surface area contributed by atoms with E-state index in [2.05, 4.69) is 31.3 Å². The van der Waals surface area contributed by atoms with Crippen LogP contribution in [0.25, 0.3) is 0 Å². The summed E-state index contributed by atoms with van der Waals surface area (Å²) in [4.78, 5) is 0. The highest BCUT2D eigenvalue weighted by atomic mass is 16.3. The van der Waals surface area contributed by atoms with E-state index in [1.165, 1.54) is 12.8 Å². The molecule has 0 aromatic carbocycles. The zero-order valence-electron chi connectivity index (χ0n) is 13.0. The molecule has 2 unspecified atom stereocenters. The van der Waals surface area contributed by atoms with E-state index in [4.69, 9.17) is 0 Å². The van der Waals surface area contributed by atoms with Gasteiger partial charge in [-0.2, -0.15) is 0 Å². The topological polar surface area (TPSA) is 52.5 Å². The van der Waals surface area contributed by atoms with Gasteiger partial charge in [-0.3, -0.25) is 0 Å². The fraction of sp³-hybridized carbons (Fsp3) is 0.778. The second kappa shape index (κ2) is 4.36. The van der Waals surface area contributed by atoms with Crippen molar-refractivity contribution >= 4 is 0 Å². The van der Waals surface area contributed by atoms with Crippen molar-refractivity contribution in [2.75, 3.05) is 6.54 Å². The summed E-state index contributed by atoms with van der Waals surface area (Å²) in [7, 11) is 0. The third-order valence-electron chi connectivity index (χ3n) is 7.27. The lowest BCUT2D eigenvalue weighted by molar-refractivity contribution is -0.0591. The van der Waals surface area contributed by atoms with Crippen molar-refractivity contribution in [2.24, 2.45) is 28.6 Å². The Morgan fingerprint density at radius 2 is 2.00 bits per heavy atom. The summed E-state index contributed by atoms with van der Waals surface area (Å²) in [6.07, 6.45) is 10.5. The summed E-state index contributed by atoms with van der Waals surface area (Å²) in [6.45, 7) is 5.54. The van der Waals surface area contributed by atoms with Crippen LogP contribution in [0.2, 0.25) is 0 Å². The molecule has 2 saturated carbocycles. The van der Waals surface area contributed by atoms with Crippen LogP contribution >= 0.6 is 0 Å². The Labute approximate surface area is 127 Å². The Bertz CT molecular complexity index is 513. The van der Waals surface area contributed by atoms with Crippen LogP contribution in [0, 0.1) is 28.6 Å². The van der Waals surface area contributed by atoms with Gasteiger partial charge in [-0.1, -0.05) is 19.9 Å². The summed E-state index contributed by atoms with van der Waals surface area (Å²) < 4.78 is 0. The molecule has 3 nitrogen and oxygen atoms in total. The van der Waals surface area contributed by atoms with Gasteiger partial charge in [0.15, 0.2) is 0 Å². The molecule has 4 rings (SSSR count). The molecule has 116 valence electrons. The normalized spacial score (nSPS) is 55.4. The van der Waals surface area contributed by atoms with Gasteiger partial charge in [-0.25, -0.2) is 0 Å². The molecule has 0 amide bonds. The van der Waals surface area contributed by atoms with E-state index in [0.717, 1.165) is 19.4 Å². The van der Waals surface area contributed by atoms with E-state index in [1.54, 1.807) is 0 Å². The van der Waals surface area contributed by atoms with Crippen LogP contribution in [0.5, 0.6) is 0 Å². The molecule has 1 saturated heterocycles. The van der Waals surface area contributed by atoms with Crippen LogP contribution in [-0.2, 0) is 0 Å². The second-order valence-corrected chi connectivity index (χ2v) is 8.20. The van der Waals surface area contributed by atoms with Crippen molar-refractivity contribution in [3.05, 3.63) is 24.0 Å². The molecule has 0 spiro atoms. The van der Waals surface area contributed by atoms with Crippen LogP contribution < -0.4 is 5.32 Å². The zero-order valence-corrected chi connectivity index (χ0v) is 13.0. The largest absolute Gasteiger partial charge is 0.508 e. The number of hydrogen-bond acceptors (Lipinski definition) is 3. The lowest BCUT2D eigenvalue weighted by atomic mass is 9.52. The second-order valence-electron chi connectivity index (χ2n) is 8.20. The van der Waals surface area contributed by atoms with E-state index in [9.17, 15) is 10.2 Å². The highest BCUT2D eigenvalue weighted by Gasteiger charge is 2.59. The predicted molar refractivity (Wildman–Crippen MR) is 82.8 cm³/mol. The number of aliphatic hydroxyl groups is 2. The van der Waals surface area contributed by atoms with Crippen LogP contribution in [-0.4, -0.2) is 28.9 Å². The van der Waals surface area contributed by atoms with Gasteiger partial charge in [0.05, 0.1) is 6.10 Å². The standard InChI is InChI=1S/C18H27NO2/c1-17-8-7-12(20)9-11(17)3-4-13-14-5-6-15(21)18(14,2)10-19-16(13)17/h7-9,11,13-16,19-21H,3-6,10H2,1-2H3/t11?,13-,14-,15?,16+,17-,18-/m0/s1. The zero-order chi connectivity index (χ0) is 14.8. The van der Waals surface area contributed by atoms with Crippen LogP contribution in [0.4, 0.5) is 0 Å². The summed E-state index contributed by atoms with van der Waals surface area (Å²) in [5.41, 5.74) is 0.157. The van der Waals surface area contributed by atoms with Gasteiger partial charge < -0.3 is 15.5 Å². The Morgan fingerprint density at radius 3 is 2.81 bits per heavy atom. The molecule has 4 aliphatic rings. The molecule has 21 heavy (non-hydrogen) atoms. The summed E-state index contributed by atoms with van der Waals surface area (Å²) >= 11 is 0. The van der Waals surface area contributed by atoms with Gasteiger partial charge in [-0.05, 0) is 55.6 Å². The minimum absolute atomic E-state index is 0.0563. The Balaban J connectivity index is 1.68. The van der Waals surface area contributed by atoms with Gasteiger partial charge in [0.2, 0.25) is 0 Å².